The van der Waals surface area contributed by atoms with Gasteiger partial charge >= 0.3 is 5.97 Å². The maximum absolute atomic E-state index is 13.6. The van der Waals surface area contributed by atoms with Crippen LogP contribution in [0.15, 0.2) is 51.2 Å². The number of phenols is 4. The van der Waals surface area contributed by atoms with Gasteiger partial charge in [-0.25, -0.2) is 4.79 Å². The van der Waals surface area contributed by atoms with Crippen LogP contribution in [0.1, 0.15) is 33.1 Å². The number of carbonyl (C=O) groups is 1. The van der Waals surface area contributed by atoms with E-state index in [1.807, 2.05) is 0 Å². The molecule has 14 nitrogen and oxygen atoms in total. The summed E-state index contributed by atoms with van der Waals surface area (Å²) in [7, 11) is 0. The van der Waals surface area contributed by atoms with E-state index >= 15 is 0 Å². The predicted octanol–water partition coefficient (Wildman–Crippen LogP) is 1.51. The van der Waals surface area contributed by atoms with Crippen LogP contribution in [0, 0.1) is 5.92 Å². The first-order valence-corrected chi connectivity index (χ1v) is 14.2. The molecule has 1 fully saturated rings. The van der Waals surface area contributed by atoms with Gasteiger partial charge in [0.1, 0.15) is 53.5 Å². The number of aromatic hydroxyl groups is 4. The Hall–Kier alpha value is -4.34. The molecule has 0 radical (unpaired) electrons. The molecule has 3 aromatic rings. The second-order valence-corrected chi connectivity index (χ2v) is 11.7. The first-order chi connectivity index (χ1) is 21.1. The van der Waals surface area contributed by atoms with Crippen LogP contribution in [-0.4, -0.2) is 89.7 Å². The standard InChI is InChI=1S/C31H34O14/c1-31(2,41)15-6-3-13(4-7-15)29(40)42-12-21-23(36)25(38)26(39)30(44-21)45-28-24(37)22-19(35)10-16(32)11-20(22)43-27(28)14-5-8-17(33)18(34)9-14/h3,5,8-11,15,21,23,25-26,30,32-36,38-39,41H,4,6-7,12H2,1-2H3/t15-,21+,23+,25-,26+,30-/m1/s1. The molecule has 2 aromatic carbocycles. The molecule has 0 amide bonds. The monoisotopic (exact) mass is 630 g/mol. The molecule has 1 aliphatic heterocycles. The fraction of sp³-hybridized carbons (Fsp3) is 0.419. The topological polar surface area (TPSA) is 237 Å². The third kappa shape index (κ3) is 6.41. The Kier molecular flexibility index (Phi) is 8.70. The van der Waals surface area contributed by atoms with Gasteiger partial charge in [0.05, 0.1) is 5.60 Å². The Labute approximate surface area is 255 Å². The molecule has 6 atom stereocenters. The summed E-state index contributed by atoms with van der Waals surface area (Å²) in [5.41, 5.74) is -1.82. The number of rotatable bonds is 7. The van der Waals surface area contributed by atoms with Gasteiger partial charge in [-0.1, -0.05) is 6.08 Å². The number of carbonyl (C=O) groups excluding carboxylic acids is 1. The average Bonchev–Trinajstić information content (AvgIpc) is 2.98. The molecular weight excluding hydrogens is 596 g/mol. The van der Waals surface area contributed by atoms with Crippen LogP contribution in [0.3, 0.4) is 0 Å². The van der Waals surface area contributed by atoms with Gasteiger partial charge in [-0.05, 0) is 57.2 Å². The van der Waals surface area contributed by atoms with Crippen molar-refractivity contribution in [2.75, 3.05) is 6.61 Å². The van der Waals surface area contributed by atoms with E-state index in [1.165, 1.54) is 6.07 Å². The molecule has 2 heterocycles. The minimum Gasteiger partial charge on any atom is -0.508 e. The number of allylic oxidation sites excluding steroid dienone is 1. The summed E-state index contributed by atoms with van der Waals surface area (Å²) in [5, 5.41) is 81.8. The van der Waals surface area contributed by atoms with E-state index in [0.717, 1.165) is 24.3 Å². The summed E-state index contributed by atoms with van der Waals surface area (Å²) in [6.07, 6.45) is -5.78. The maximum atomic E-state index is 13.6. The lowest BCUT2D eigenvalue weighted by Gasteiger charge is -2.40. The Morgan fingerprint density at radius 2 is 1.71 bits per heavy atom. The van der Waals surface area contributed by atoms with E-state index in [9.17, 15) is 50.4 Å². The van der Waals surface area contributed by atoms with Crippen molar-refractivity contribution in [2.24, 2.45) is 5.92 Å². The summed E-state index contributed by atoms with van der Waals surface area (Å²) in [6, 6.07) is 5.34. The second-order valence-electron chi connectivity index (χ2n) is 11.7. The summed E-state index contributed by atoms with van der Waals surface area (Å²) in [4.78, 5) is 26.3. The van der Waals surface area contributed by atoms with Crippen LogP contribution in [-0.2, 0) is 14.3 Å². The fourth-order valence-corrected chi connectivity index (χ4v) is 5.41. The third-order valence-corrected chi connectivity index (χ3v) is 8.11. The molecule has 0 unspecified atom stereocenters. The lowest BCUT2D eigenvalue weighted by molar-refractivity contribution is -0.278. The highest BCUT2D eigenvalue weighted by molar-refractivity contribution is 5.89. The number of aliphatic hydroxyl groups is 4. The number of hydrogen-bond acceptors (Lipinski definition) is 14. The quantitative estimate of drug-likeness (QED) is 0.136. The molecule has 0 bridgehead atoms. The van der Waals surface area contributed by atoms with Gasteiger partial charge in [-0.3, -0.25) is 4.79 Å². The Balaban J connectivity index is 1.42. The summed E-state index contributed by atoms with van der Waals surface area (Å²) < 4.78 is 22.5. The van der Waals surface area contributed by atoms with Crippen molar-refractivity contribution in [2.45, 2.75) is 69.4 Å². The fourth-order valence-electron chi connectivity index (χ4n) is 5.41. The summed E-state index contributed by atoms with van der Waals surface area (Å²) in [5.74, 6) is -3.94. The Morgan fingerprint density at radius 3 is 2.36 bits per heavy atom. The molecule has 2 aliphatic rings. The predicted molar refractivity (Wildman–Crippen MR) is 155 cm³/mol. The number of ether oxygens (including phenoxy) is 3. The van der Waals surface area contributed by atoms with E-state index in [2.05, 4.69) is 0 Å². The van der Waals surface area contributed by atoms with Crippen LogP contribution in [0.2, 0.25) is 0 Å². The molecule has 45 heavy (non-hydrogen) atoms. The molecule has 0 spiro atoms. The van der Waals surface area contributed by atoms with Gasteiger partial charge in [0, 0.05) is 23.3 Å². The first-order valence-electron chi connectivity index (χ1n) is 14.2. The highest BCUT2D eigenvalue weighted by Gasteiger charge is 2.46. The van der Waals surface area contributed by atoms with Crippen molar-refractivity contribution < 1.29 is 64.3 Å². The minimum atomic E-state index is -1.93. The number of esters is 1. The number of phenolic OH excluding ortho intramolecular Hbond substituents is 4. The van der Waals surface area contributed by atoms with Gasteiger partial charge in [0.25, 0.3) is 0 Å². The van der Waals surface area contributed by atoms with Crippen LogP contribution in [0.5, 0.6) is 28.7 Å². The Bertz CT molecular complexity index is 1690. The molecule has 242 valence electrons. The van der Waals surface area contributed by atoms with E-state index < -0.39 is 88.4 Å². The SMILES string of the molecule is CC(C)(O)[C@@H]1CC=C(C(=O)OC[C@@H]2O[C@H](Oc3c(-c4ccc(O)c(O)c4)oc4cc(O)cc(O)c4c3=O)[C@@H](O)[C@H](O)[C@H]2O)CC1. The van der Waals surface area contributed by atoms with Crippen molar-refractivity contribution >= 4 is 16.9 Å². The Morgan fingerprint density at radius 1 is 0.978 bits per heavy atom. The lowest BCUT2D eigenvalue weighted by atomic mass is 9.79. The number of fused-ring (bicyclic) bond motifs is 1. The van der Waals surface area contributed by atoms with Gasteiger partial charge < -0.3 is 59.5 Å². The van der Waals surface area contributed by atoms with Crippen molar-refractivity contribution in [3.8, 4) is 40.1 Å². The van der Waals surface area contributed by atoms with Crippen LogP contribution in [0.4, 0.5) is 0 Å². The van der Waals surface area contributed by atoms with E-state index in [-0.39, 0.29) is 22.8 Å². The zero-order valence-electron chi connectivity index (χ0n) is 24.3. The third-order valence-electron chi connectivity index (χ3n) is 8.11. The maximum Gasteiger partial charge on any atom is 0.333 e. The molecule has 5 rings (SSSR count). The molecule has 1 saturated heterocycles. The van der Waals surface area contributed by atoms with Gasteiger partial charge in [0.2, 0.25) is 17.5 Å². The number of aliphatic hydroxyl groups excluding tert-OH is 3. The average molecular weight is 631 g/mol. The van der Waals surface area contributed by atoms with Crippen molar-refractivity contribution in [3.05, 3.63) is 52.2 Å². The van der Waals surface area contributed by atoms with Crippen LogP contribution in [0.25, 0.3) is 22.3 Å². The van der Waals surface area contributed by atoms with Crippen molar-refractivity contribution in [1.29, 1.82) is 0 Å². The number of benzene rings is 2. The highest BCUT2D eigenvalue weighted by Crippen LogP contribution is 2.39. The molecule has 1 aromatic heterocycles. The zero-order chi connectivity index (χ0) is 32.8. The summed E-state index contributed by atoms with van der Waals surface area (Å²) >= 11 is 0. The van der Waals surface area contributed by atoms with Crippen LogP contribution < -0.4 is 10.2 Å². The van der Waals surface area contributed by atoms with E-state index in [1.54, 1.807) is 19.9 Å². The second kappa shape index (κ2) is 12.2. The first kappa shape index (κ1) is 32.1. The molecule has 8 N–H and O–H groups in total. The number of hydrogen-bond donors (Lipinski definition) is 8. The molecule has 14 heteroatoms. The molecule has 0 saturated carbocycles. The molecular formula is C31H34O14. The van der Waals surface area contributed by atoms with Crippen LogP contribution >= 0.6 is 0 Å². The normalized spacial score (nSPS) is 25.5. The smallest absolute Gasteiger partial charge is 0.333 e. The largest absolute Gasteiger partial charge is 0.508 e. The zero-order valence-corrected chi connectivity index (χ0v) is 24.3. The van der Waals surface area contributed by atoms with E-state index in [4.69, 9.17) is 18.6 Å². The summed E-state index contributed by atoms with van der Waals surface area (Å²) in [6.45, 7) is 2.82. The lowest BCUT2D eigenvalue weighted by Crippen LogP contribution is -2.60. The molecule has 1 aliphatic carbocycles. The highest BCUT2D eigenvalue weighted by atomic mass is 16.7. The van der Waals surface area contributed by atoms with Gasteiger partial charge in [-0.15, -0.1) is 0 Å². The minimum absolute atomic E-state index is 0.00826. The van der Waals surface area contributed by atoms with Crippen molar-refractivity contribution in [3.63, 3.8) is 0 Å². The van der Waals surface area contributed by atoms with Gasteiger partial charge in [0.15, 0.2) is 17.3 Å². The van der Waals surface area contributed by atoms with Gasteiger partial charge in [-0.2, -0.15) is 0 Å². The van der Waals surface area contributed by atoms with E-state index in [0.29, 0.717) is 24.8 Å². The van der Waals surface area contributed by atoms with Crippen molar-refractivity contribution in [1.82, 2.24) is 0 Å².